The number of aromatic nitrogens is 1. The van der Waals surface area contributed by atoms with Crippen molar-refractivity contribution in [2.75, 3.05) is 0 Å². The molecular formula is C21H19NS. The molecule has 114 valence electrons. The smallest absolute Gasteiger partial charge is 0.0457 e. The molecule has 0 aliphatic rings. The normalized spacial score (nSPS) is 12.8. The van der Waals surface area contributed by atoms with Gasteiger partial charge in [0.15, 0.2) is 0 Å². The monoisotopic (exact) mass is 317 g/mol. The fraction of sp³-hybridized carbons (Fsp3) is 0.143. The van der Waals surface area contributed by atoms with Crippen molar-refractivity contribution >= 4 is 33.4 Å². The Bertz CT molecular complexity index is 983. The van der Waals surface area contributed by atoms with Crippen molar-refractivity contribution in [1.29, 1.82) is 0 Å². The first-order valence-electron chi connectivity index (χ1n) is 7.94. The molecular weight excluding hydrogens is 298 g/mol. The average Bonchev–Trinajstić information content (AvgIpc) is 2.98. The third-order valence-electron chi connectivity index (χ3n) is 4.34. The molecule has 1 N–H and O–H groups in total. The highest BCUT2D eigenvalue weighted by atomic mass is 32.2. The molecule has 4 aromatic rings. The number of hydrogen-bond donors (Lipinski definition) is 1. The molecule has 0 bridgehead atoms. The summed E-state index contributed by atoms with van der Waals surface area (Å²) in [5, 5.41) is 4.35. The zero-order valence-corrected chi connectivity index (χ0v) is 14.2. The van der Waals surface area contributed by atoms with Crippen LogP contribution in [-0.4, -0.2) is 4.98 Å². The van der Waals surface area contributed by atoms with Gasteiger partial charge in [-0.3, -0.25) is 0 Å². The number of aromatic amines is 1. The Kier molecular flexibility index (Phi) is 3.62. The van der Waals surface area contributed by atoms with Crippen molar-refractivity contribution in [3.8, 4) is 0 Å². The third-order valence-corrected chi connectivity index (χ3v) is 5.47. The van der Waals surface area contributed by atoms with Gasteiger partial charge in [-0.05, 0) is 54.4 Å². The third kappa shape index (κ3) is 2.75. The van der Waals surface area contributed by atoms with Gasteiger partial charge in [0.2, 0.25) is 0 Å². The van der Waals surface area contributed by atoms with Crippen LogP contribution in [0.15, 0.2) is 71.8 Å². The van der Waals surface area contributed by atoms with Gasteiger partial charge in [-0.15, -0.1) is 11.8 Å². The van der Waals surface area contributed by atoms with Crippen LogP contribution in [0.4, 0.5) is 0 Å². The number of fused-ring (bicyclic) bond motifs is 2. The second-order valence-corrected chi connectivity index (χ2v) is 7.48. The number of rotatable bonds is 3. The van der Waals surface area contributed by atoms with Crippen molar-refractivity contribution in [2.24, 2.45) is 0 Å². The molecule has 0 aliphatic carbocycles. The molecule has 4 rings (SSSR count). The van der Waals surface area contributed by atoms with Crippen molar-refractivity contribution in [2.45, 2.75) is 24.0 Å². The van der Waals surface area contributed by atoms with E-state index in [1.165, 1.54) is 37.7 Å². The first kappa shape index (κ1) is 14.4. The van der Waals surface area contributed by atoms with E-state index in [0.29, 0.717) is 5.25 Å². The van der Waals surface area contributed by atoms with Gasteiger partial charge in [-0.2, -0.15) is 0 Å². The topological polar surface area (TPSA) is 15.8 Å². The van der Waals surface area contributed by atoms with Gasteiger partial charge in [0.1, 0.15) is 0 Å². The summed E-state index contributed by atoms with van der Waals surface area (Å²) in [6.07, 6.45) is 2.16. The van der Waals surface area contributed by atoms with Gasteiger partial charge in [-0.25, -0.2) is 0 Å². The molecule has 0 fully saturated rings. The van der Waals surface area contributed by atoms with Crippen LogP contribution in [0.5, 0.6) is 0 Å². The molecule has 23 heavy (non-hydrogen) atoms. The fourth-order valence-corrected chi connectivity index (χ4v) is 4.17. The molecule has 0 aliphatic heterocycles. The minimum atomic E-state index is 0.409. The molecule has 0 amide bonds. The van der Waals surface area contributed by atoms with Gasteiger partial charge in [0.25, 0.3) is 0 Å². The van der Waals surface area contributed by atoms with E-state index in [0.717, 1.165) is 0 Å². The molecule has 1 nitrogen and oxygen atoms in total. The summed E-state index contributed by atoms with van der Waals surface area (Å²) in [6.45, 7) is 4.43. The van der Waals surface area contributed by atoms with Crippen molar-refractivity contribution in [3.05, 3.63) is 78.0 Å². The van der Waals surface area contributed by atoms with E-state index in [-0.39, 0.29) is 0 Å². The molecule has 1 aromatic heterocycles. The molecule has 1 unspecified atom stereocenters. The maximum atomic E-state index is 3.40. The zero-order chi connectivity index (χ0) is 15.8. The number of nitrogens with one attached hydrogen (secondary N) is 1. The lowest BCUT2D eigenvalue weighted by atomic mass is 10.1. The number of thioether (sulfide) groups is 1. The summed E-state index contributed by atoms with van der Waals surface area (Å²) < 4.78 is 0. The Labute approximate surface area is 140 Å². The van der Waals surface area contributed by atoms with Crippen LogP contribution in [0.3, 0.4) is 0 Å². The van der Waals surface area contributed by atoms with Crippen molar-refractivity contribution in [1.82, 2.24) is 4.98 Å². The Morgan fingerprint density at radius 1 is 0.913 bits per heavy atom. The second-order valence-electron chi connectivity index (χ2n) is 6.06. The molecule has 0 saturated carbocycles. The van der Waals surface area contributed by atoms with Crippen LogP contribution in [0.1, 0.15) is 23.3 Å². The summed E-state index contributed by atoms with van der Waals surface area (Å²) in [4.78, 5) is 4.72. The quantitative estimate of drug-likeness (QED) is 0.427. The van der Waals surface area contributed by atoms with E-state index < -0.39 is 0 Å². The highest BCUT2D eigenvalue weighted by Crippen LogP contribution is 2.39. The minimum absolute atomic E-state index is 0.409. The molecule has 1 heterocycles. The molecule has 0 saturated heterocycles. The van der Waals surface area contributed by atoms with E-state index in [9.17, 15) is 0 Å². The predicted octanol–water partition coefficient (Wildman–Crippen LogP) is 6.48. The lowest BCUT2D eigenvalue weighted by Gasteiger charge is -2.11. The van der Waals surface area contributed by atoms with Crippen LogP contribution in [0.25, 0.3) is 21.7 Å². The van der Waals surface area contributed by atoms with Crippen LogP contribution >= 0.6 is 11.8 Å². The molecule has 0 spiro atoms. The summed E-state index contributed by atoms with van der Waals surface area (Å²) in [5.41, 5.74) is 3.90. The van der Waals surface area contributed by atoms with E-state index >= 15 is 0 Å². The standard InChI is InChI=1S/C21H19NS/c1-14-7-10-21-19(11-14)20(13-22-21)15(2)23-18-9-8-16-5-3-4-6-17(16)12-18/h3-13,15,22H,1-2H3. The maximum absolute atomic E-state index is 3.40. The second kappa shape index (κ2) is 5.78. The Morgan fingerprint density at radius 3 is 2.61 bits per heavy atom. The van der Waals surface area contributed by atoms with Gasteiger partial charge in [0, 0.05) is 27.2 Å². The Balaban J connectivity index is 1.67. The van der Waals surface area contributed by atoms with Gasteiger partial charge in [0.05, 0.1) is 0 Å². The molecule has 1 atom stereocenters. The first-order chi connectivity index (χ1) is 11.2. The number of H-pyrrole nitrogens is 1. The molecule has 0 radical (unpaired) electrons. The van der Waals surface area contributed by atoms with E-state index in [1.807, 2.05) is 11.8 Å². The van der Waals surface area contributed by atoms with Gasteiger partial charge < -0.3 is 4.98 Å². The van der Waals surface area contributed by atoms with E-state index in [2.05, 4.69) is 85.7 Å². The predicted molar refractivity (Wildman–Crippen MR) is 101 cm³/mol. The number of aryl methyl sites for hydroxylation is 1. The Morgan fingerprint density at radius 2 is 1.74 bits per heavy atom. The summed E-state index contributed by atoms with van der Waals surface area (Å²) >= 11 is 1.92. The lowest BCUT2D eigenvalue weighted by Crippen LogP contribution is -1.87. The summed E-state index contributed by atoms with van der Waals surface area (Å²) in [6, 6.07) is 21.9. The van der Waals surface area contributed by atoms with Crippen LogP contribution in [0.2, 0.25) is 0 Å². The summed E-state index contributed by atoms with van der Waals surface area (Å²) in [5.74, 6) is 0. The maximum Gasteiger partial charge on any atom is 0.0457 e. The highest BCUT2D eigenvalue weighted by molar-refractivity contribution is 7.99. The van der Waals surface area contributed by atoms with Crippen LogP contribution in [-0.2, 0) is 0 Å². The van der Waals surface area contributed by atoms with E-state index in [1.54, 1.807) is 0 Å². The van der Waals surface area contributed by atoms with E-state index in [4.69, 9.17) is 0 Å². The number of benzene rings is 3. The number of hydrogen-bond acceptors (Lipinski definition) is 1. The average molecular weight is 317 g/mol. The Hall–Kier alpha value is -2.19. The SMILES string of the molecule is Cc1ccc2[nH]cc(C(C)Sc3ccc4ccccc4c3)c2c1. The first-order valence-corrected chi connectivity index (χ1v) is 8.82. The van der Waals surface area contributed by atoms with Crippen LogP contribution in [0, 0.1) is 6.92 Å². The lowest BCUT2D eigenvalue weighted by molar-refractivity contribution is 1.11. The molecule has 2 heteroatoms. The minimum Gasteiger partial charge on any atom is -0.361 e. The van der Waals surface area contributed by atoms with Crippen molar-refractivity contribution < 1.29 is 0 Å². The zero-order valence-electron chi connectivity index (χ0n) is 13.3. The van der Waals surface area contributed by atoms with Gasteiger partial charge in [-0.1, -0.05) is 42.0 Å². The van der Waals surface area contributed by atoms with Gasteiger partial charge >= 0.3 is 0 Å². The largest absolute Gasteiger partial charge is 0.361 e. The molecule has 3 aromatic carbocycles. The highest BCUT2D eigenvalue weighted by Gasteiger charge is 2.13. The summed E-state index contributed by atoms with van der Waals surface area (Å²) in [7, 11) is 0. The fourth-order valence-electron chi connectivity index (χ4n) is 3.10. The van der Waals surface area contributed by atoms with Crippen molar-refractivity contribution in [3.63, 3.8) is 0 Å². The van der Waals surface area contributed by atoms with Crippen LogP contribution < -0.4 is 0 Å².